The summed E-state index contributed by atoms with van der Waals surface area (Å²) < 4.78 is 0. The molecule has 7 heteroatoms. The zero-order chi connectivity index (χ0) is 22.5. The molecule has 1 aliphatic heterocycles. The predicted octanol–water partition coefficient (Wildman–Crippen LogP) is 5.13. The Balaban J connectivity index is 1.42. The molecule has 1 aliphatic rings. The van der Waals surface area contributed by atoms with Crippen LogP contribution in [0.1, 0.15) is 5.56 Å². The number of hydrogen-bond acceptors (Lipinski definition) is 5. The number of rotatable bonds is 6. The van der Waals surface area contributed by atoms with Crippen molar-refractivity contribution in [1.29, 1.82) is 0 Å². The van der Waals surface area contributed by atoms with Crippen LogP contribution >= 0.6 is 11.8 Å². The molecule has 3 amide bonds. The highest BCUT2D eigenvalue weighted by Crippen LogP contribution is 2.32. The number of benzene rings is 3. The summed E-state index contributed by atoms with van der Waals surface area (Å²) in [6.45, 7) is -0.322. The Morgan fingerprint density at radius 1 is 0.906 bits per heavy atom. The molecule has 1 saturated heterocycles. The van der Waals surface area contributed by atoms with Gasteiger partial charge in [0.05, 0.1) is 4.91 Å². The van der Waals surface area contributed by atoms with E-state index in [0.717, 1.165) is 33.6 Å². The number of nitrogens with one attached hydrogen (secondary N) is 1. The molecule has 1 N–H and O–H groups in total. The van der Waals surface area contributed by atoms with Crippen molar-refractivity contribution in [3.63, 3.8) is 0 Å². The van der Waals surface area contributed by atoms with Gasteiger partial charge in [0.1, 0.15) is 6.54 Å². The number of imide groups is 1. The van der Waals surface area contributed by atoms with E-state index in [1.54, 1.807) is 30.3 Å². The van der Waals surface area contributed by atoms with E-state index in [1.807, 2.05) is 67.7 Å². The van der Waals surface area contributed by atoms with Gasteiger partial charge in [-0.25, -0.2) is 0 Å². The molecule has 4 rings (SSSR count). The summed E-state index contributed by atoms with van der Waals surface area (Å²) in [5.74, 6) is -0.887. The predicted molar refractivity (Wildman–Crippen MR) is 129 cm³/mol. The summed E-state index contributed by atoms with van der Waals surface area (Å²) in [6, 6.07) is 26.6. The lowest BCUT2D eigenvalue weighted by molar-refractivity contribution is -0.127. The summed E-state index contributed by atoms with van der Waals surface area (Å²) in [6.07, 6.45) is 1.67. The van der Waals surface area contributed by atoms with E-state index in [9.17, 15) is 14.4 Å². The topological polar surface area (TPSA) is 69.7 Å². The minimum atomic E-state index is -0.464. The third kappa shape index (κ3) is 4.90. The lowest BCUT2D eigenvalue weighted by Crippen LogP contribution is -2.36. The fourth-order valence-corrected chi connectivity index (χ4v) is 4.09. The van der Waals surface area contributed by atoms with Gasteiger partial charge in [-0.2, -0.15) is 0 Å². The SMILES string of the molecule is CN(c1ccccc1)c1ccc(/C=C2\SC(=O)N(CC(=O)Nc3ccccc3)C2=O)cc1. The molecular formula is C25H21N3O3S. The standard InChI is InChI=1S/C25H21N3O3S/c1-27(20-10-6-3-7-11-20)21-14-12-18(13-15-21)16-22-24(30)28(25(31)32-22)17-23(29)26-19-8-4-2-5-9-19/h2-16H,17H2,1H3,(H,26,29)/b22-16-. The maximum atomic E-state index is 12.7. The van der Waals surface area contributed by atoms with Crippen molar-refractivity contribution in [1.82, 2.24) is 4.90 Å². The quantitative estimate of drug-likeness (QED) is 0.535. The van der Waals surface area contributed by atoms with Gasteiger partial charge in [-0.1, -0.05) is 48.5 Å². The molecule has 6 nitrogen and oxygen atoms in total. The number of thioether (sulfide) groups is 1. The normalized spacial score (nSPS) is 14.7. The zero-order valence-corrected chi connectivity index (χ0v) is 18.2. The van der Waals surface area contributed by atoms with E-state index in [2.05, 4.69) is 10.2 Å². The van der Waals surface area contributed by atoms with E-state index < -0.39 is 17.1 Å². The van der Waals surface area contributed by atoms with Gasteiger partial charge in [0.2, 0.25) is 5.91 Å². The highest BCUT2D eigenvalue weighted by molar-refractivity contribution is 8.18. The maximum absolute atomic E-state index is 12.7. The first-order valence-electron chi connectivity index (χ1n) is 10.0. The molecule has 0 spiro atoms. The minimum absolute atomic E-state index is 0.298. The van der Waals surface area contributed by atoms with E-state index >= 15 is 0 Å². The van der Waals surface area contributed by atoms with Crippen LogP contribution in [0.15, 0.2) is 89.8 Å². The Kier molecular flexibility index (Phi) is 6.37. The molecule has 0 aliphatic carbocycles. The summed E-state index contributed by atoms with van der Waals surface area (Å²) in [5, 5.41) is 2.23. The maximum Gasteiger partial charge on any atom is 0.294 e. The number of carbonyl (C=O) groups is 3. The first kappa shape index (κ1) is 21.4. The average Bonchev–Trinajstić information content (AvgIpc) is 3.07. The Morgan fingerprint density at radius 3 is 2.16 bits per heavy atom. The molecular weight excluding hydrogens is 422 g/mol. The summed E-state index contributed by atoms with van der Waals surface area (Å²) in [4.78, 5) is 40.6. The van der Waals surface area contributed by atoms with Crippen LogP contribution in [-0.4, -0.2) is 35.5 Å². The van der Waals surface area contributed by atoms with Gasteiger partial charge in [-0.05, 0) is 59.8 Å². The second-order valence-corrected chi connectivity index (χ2v) is 8.16. The number of hydrogen-bond donors (Lipinski definition) is 1. The third-order valence-electron chi connectivity index (χ3n) is 4.95. The number of nitrogens with zero attached hydrogens (tertiary/aromatic N) is 2. The fraction of sp³-hybridized carbons (Fsp3) is 0.0800. The van der Waals surface area contributed by atoms with Gasteiger partial charge in [0.25, 0.3) is 11.1 Å². The van der Waals surface area contributed by atoms with E-state index in [4.69, 9.17) is 0 Å². The van der Waals surface area contributed by atoms with Gasteiger partial charge < -0.3 is 10.2 Å². The molecule has 0 bridgehead atoms. The third-order valence-corrected chi connectivity index (χ3v) is 5.86. The molecule has 160 valence electrons. The van der Waals surface area contributed by atoms with Gasteiger partial charge in [-0.15, -0.1) is 0 Å². The van der Waals surface area contributed by atoms with Crippen molar-refractivity contribution < 1.29 is 14.4 Å². The van der Waals surface area contributed by atoms with Crippen LogP contribution in [-0.2, 0) is 9.59 Å². The molecule has 0 atom stereocenters. The van der Waals surface area contributed by atoms with Crippen molar-refractivity contribution in [3.8, 4) is 0 Å². The smallest absolute Gasteiger partial charge is 0.294 e. The lowest BCUT2D eigenvalue weighted by Gasteiger charge is -2.19. The minimum Gasteiger partial charge on any atom is -0.345 e. The van der Waals surface area contributed by atoms with Gasteiger partial charge in [0.15, 0.2) is 0 Å². The summed E-state index contributed by atoms with van der Waals surface area (Å²) >= 11 is 0.840. The van der Waals surface area contributed by atoms with Crippen LogP contribution in [0.5, 0.6) is 0 Å². The second kappa shape index (κ2) is 9.53. The van der Waals surface area contributed by atoms with Crippen LogP contribution in [0, 0.1) is 0 Å². The van der Waals surface area contributed by atoms with E-state index in [1.165, 1.54) is 0 Å². The largest absolute Gasteiger partial charge is 0.345 e. The van der Waals surface area contributed by atoms with E-state index in [0.29, 0.717) is 10.6 Å². The number of anilines is 3. The fourth-order valence-electron chi connectivity index (χ4n) is 3.25. The Morgan fingerprint density at radius 2 is 1.50 bits per heavy atom. The zero-order valence-electron chi connectivity index (χ0n) is 17.4. The van der Waals surface area contributed by atoms with E-state index in [-0.39, 0.29) is 6.54 Å². The summed E-state index contributed by atoms with van der Waals surface area (Å²) in [7, 11) is 1.98. The molecule has 3 aromatic rings. The first-order chi connectivity index (χ1) is 15.5. The summed E-state index contributed by atoms with van der Waals surface area (Å²) in [5.41, 5.74) is 3.48. The van der Waals surface area contributed by atoms with Crippen LogP contribution in [0.4, 0.5) is 21.9 Å². The highest BCUT2D eigenvalue weighted by atomic mass is 32.2. The van der Waals surface area contributed by atoms with Crippen LogP contribution in [0.2, 0.25) is 0 Å². The molecule has 1 heterocycles. The molecule has 0 aromatic heterocycles. The van der Waals surface area contributed by atoms with Crippen LogP contribution in [0.25, 0.3) is 6.08 Å². The number of carbonyl (C=O) groups excluding carboxylic acids is 3. The lowest BCUT2D eigenvalue weighted by atomic mass is 10.1. The highest BCUT2D eigenvalue weighted by Gasteiger charge is 2.36. The van der Waals surface area contributed by atoms with Crippen molar-refractivity contribution in [2.24, 2.45) is 0 Å². The van der Waals surface area contributed by atoms with Crippen molar-refractivity contribution in [2.75, 3.05) is 23.8 Å². The van der Waals surface area contributed by atoms with Crippen molar-refractivity contribution in [2.45, 2.75) is 0 Å². The Bertz CT molecular complexity index is 1160. The molecule has 32 heavy (non-hydrogen) atoms. The van der Waals surface area contributed by atoms with Crippen LogP contribution < -0.4 is 10.2 Å². The van der Waals surface area contributed by atoms with Gasteiger partial charge in [-0.3, -0.25) is 19.3 Å². The molecule has 0 radical (unpaired) electrons. The van der Waals surface area contributed by atoms with Crippen molar-refractivity contribution in [3.05, 3.63) is 95.4 Å². The molecule has 3 aromatic carbocycles. The number of amides is 3. The second-order valence-electron chi connectivity index (χ2n) is 7.17. The van der Waals surface area contributed by atoms with Gasteiger partial charge in [0, 0.05) is 24.1 Å². The molecule has 0 saturated carbocycles. The average molecular weight is 444 g/mol. The Hall–Kier alpha value is -3.84. The monoisotopic (exact) mass is 443 g/mol. The van der Waals surface area contributed by atoms with Crippen molar-refractivity contribution >= 4 is 52.0 Å². The Labute approximate surface area is 190 Å². The molecule has 0 unspecified atom stereocenters. The first-order valence-corrected chi connectivity index (χ1v) is 10.8. The van der Waals surface area contributed by atoms with Crippen LogP contribution in [0.3, 0.4) is 0 Å². The van der Waals surface area contributed by atoms with Gasteiger partial charge >= 0.3 is 0 Å². The number of para-hydroxylation sites is 2. The molecule has 1 fully saturated rings.